The Hall–Kier alpha value is -2.32. The normalized spacial score (nSPS) is 17.6. The number of aliphatic hydroxyl groups excluding tert-OH is 1. The minimum Gasteiger partial charge on any atom is -0.491 e. The average Bonchev–Trinajstić information content (AvgIpc) is 2.71. The maximum atomic E-state index is 12.7. The van der Waals surface area contributed by atoms with Crippen LogP contribution in [0.2, 0.25) is 0 Å². The van der Waals surface area contributed by atoms with Crippen molar-refractivity contribution in [3.63, 3.8) is 0 Å². The minimum atomic E-state index is -4.37. The fourth-order valence-electron chi connectivity index (χ4n) is 3.29. The number of hydrogen-bond acceptors (Lipinski definition) is 5. The summed E-state index contributed by atoms with van der Waals surface area (Å²) in [6, 6.07) is 10.4. The number of para-hydroxylation sites is 1. The summed E-state index contributed by atoms with van der Waals surface area (Å²) in [5, 5.41) is 12.4. The minimum absolute atomic E-state index is 0.0422. The maximum Gasteiger partial charge on any atom is 0.417 e. The number of hydrogen-bond donors (Lipinski definition) is 2. The van der Waals surface area contributed by atoms with Crippen LogP contribution in [0.1, 0.15) is 24.0 Å². The van der Waals surface area contributed by atoms with Gasteiger partial charge in [0, 0.05) is 37.4 Å². The molecule has 1 saturated heterocycles. The number of rotatable bonds is 7. The molecule has 1 aromatic heterocycles. The maximum absolute atomic E-state index is 12.7. The topological polar surface area (TPSA) is 57.6 Å². The first-order chi connectivity index (χ1) is 13.5. The molecular weight excluding hydrogens is 371 g/mol. The lowest BCUT2D eigenvalue weighted by Gasteiger charge is -2.34. The van der Waals surface area contributed by atoms with Gasteiger partial charge in [-0.2, -0.15) is 13.2 Å². The SMILES string of the molecule is OCCOc1ccccc1CN[C@@H]1CCCN(c2ccc(C(F)(F)F)cn2)C1. The predicted molar refractivity (Wildman–Crippen MR) is 100 cm³/mol. The number of pyridine rings is 1. The lowest BCUT2D eigenvalue weighted by atomic mass is 10.0. The average molecular weight is 395 g/mol. The summed E-state index contributed by atoms with van der Waals surface area (Å²) in [6.07, 6.45) is -1.57. The van der Waals surface area contributed by atoms with Crippen molar-refractivity contribution in [3.05, 3.63) is 53.7 Å². The summed E-state index contributed by atoms with van der Waals surface area (Å²) in [5.74, 6) is 1.30. The van der Waals surface area contributed by atoms with Crippen molar-refractivity contribution in [3.8, 4) is 5.75 Å². The molecule has 0 saturated carbocycles. The number of nitrogens with one attached hydrogen (secondary N) is 1. The van der Waals surface area contributed by atoms with Gasteiger partial charge in [0.25, 0.3) is 0 Å². The fourth-order valence-corrected chi connectivity index (χ4v) is 3.29. The molecule has 0 spiro atoms. The first-order valence-corrected chi connectivity index (χ1v) is 9.30. The van der Waals surface area contributed by atoms with Crippen molar-refractivity contribution >= 4 is 5.82 Å². The van der Waals surface area contributed by atoms with Crippen LogP contribution in [0.15, 0.2) is 42.6 Å². The summed E-state index contributed by atoms with van der Waals surface area (Å²) >= 11 is 0. The van der Waals surface area contributed by atoms with Crippen LogP contribution in [0.4, 0.5) is 19.0 Å². The van der Waals surface area contributed by atoms with E-state index in [1.54, 1.807) is 0 Å². The molecule has 2 heterocycles. The van der Waals surface area contributed by atoms with Crippen molar-refractivity contribution in [2.45, 2.75) is 31.6 Å². The molecule has 0 amide bonds. The second-order valence-electron chi connectivity index (χ2n) is 6.75. The molecule has 0 unspecified atom stereocenters. The van der Waals surface area contributed by atoms with Gasteiger partial charge in [0.05, 0.1) is 12.2 Å². The van der Waals surface area contributed by atoms with Crippen LogP contribution in [0, 0.1) is 0 Å². The first-order valence-electron chi connectivity index (χ1n) is 9.30. The van der Waals surface area contributed by atoms with Crippen LogP contribution < -0.4 is 15.0 Å². The summed E-state index contributed by atoms with van der Waals surface area (Å²) in [6.45, 7) is 2.26. The van der Waals surface area contributed by atoms with Crippen molar-refractivity contribution < 1.29 is 23.0 Å². The lowest BCUT2D eigenvalue weighted by Crippen LogP contribution is -2.45. The van der Waals surface area contributed by atoms with E-state index in [2.05, 4.69) is 10.3 Å². The van der Waals surface area contributed by atoms with Crippen molar-refractivity contribution in [1.82, 2.24) is 10.3 Å². The Labute approximate surface area is 162 Å². The molecule has 0 bridgehead atoms. The molecule has 1 aliphatic heterocycles. The molecule has 0 radical (unpaired) electrons. The van der Waals surface area contributed by atoms with Gasteiger partial charge in [-0.1, -0.05) is 18.2 Å². The number of alkyl halides is 3. The highest BCUT2D eigenvalue weighted by atomic mass is 19.4. The van der Waals surface area contributed by atoms with E-state index in [1.165, 1.54) is 6.07 Å². The molecule has 2 aromatic rings. The second kappa shape index (κ2) is 9.25. The highest BCUT2D eigenvalue weighted by Gasteiger charge is 2.31. The summed E-state index contributed by atoms with van der Waals surface area (Å²) in [4.78, 5) is 6.01. The van der Waals surface area contributed by atoms with E-state index in [0.29, 0.717) is 18.9 Å². The molecule has 28 heavy (non-hydrogen) atoms. The van der Waals surface area contributed by atoms with Crippen molar-refractivity contribution in [2.75, 3.05) is 31.2 Å². The number of ether oxygens (including phenoxy) is 1. The van der Waals surface area contributed by atoms with Gasteiger partial charge in [0.15, 0.2) is 0 Å². The zero-order chi connectivity index (χ0) is 20.0. The second-order valence-corrected chi connectivity index (χ2v) is 6.75. The number of aromatic nitrogens is 1. The molecule has 5 nitrogen and oxygen atoms in total. The number of nitrogens with zero attached hydrogens (tertiary/aromatic N) is 2. The molecule has 0 aliphatic carbocycles. The van der Waals surface area contributed by atoms with E-state index < -0.39 is 11.7 Å². The molecule has 152 valence electrons. The van der Waals surface area contributed by atoms with E-state index in [4.69, 9.17) is 9.84 Å². The van der Waals surface area contributed by atoms with E-state index in [1.807, 2.05) is 29.2 Å². The third kappa shape index (κ3) is 5.36. The Morgan fingerprint density at radius 1 is 1.21 bits per heavy atom. The van der Waals surface area contributed by atoms with Crippen LogP contribution in [0.3, 0.4) is 0 Å². The lowest BCUT2D eigenvalue weighted by molar-refractivity contribution is -0.137. The van der Waals surface area contributed by atoms with Crippen LogP contribution >= 0.6 is 0 Å². The van der Waals surface area contributed by atoms with E-state index in [0.717, 1.165) is 43.0 Å². The Balaban J connectivity index is 1.58. The molecule has 1 atom stereocenters. The molecule has 3 rings (SSSR count). The van der Waals surface area contributed by atoms with Crippen molar-refractivity contribution in [1.29, 1.82) is 0 Å². The van der Waals surface area contributed by atoms with Crippen LogP contribution in [0.25, 0.3) is 0 Å². The van der Waals surface area contributed by atoms with Crippen molar-refractivity contribution in [2.24, 2.45) is 0 Å². The summed E-state index contributed by atoms with van der Waals surface area (Å²) < 4.78 is 43.7. The smallest absolute Gasteiger partial charge is 0.417 e. The van der Waals surface area contributed by atoms with Gasteiger partial charge in [0.1, 0.15) is 18.2 Å². The summed E-state index contributed by atoms with van der Waals surface area (Å²) in [5.41, 5.74) is 0.267. The molecule has 1 aromatic carbocycles. The quantitative estimate of drug-likeness (QED) is 0.754. The van der Waals surface area contributed by atoms with Crippen LogP contribution in [0.5, 0.6) is 5.75 Å². The number of halogens is 3. The molecule has 2 N–H and O–H groups in total. The molecule has 1 fully saturated rings. The molecular formula is C20H24F3N3O2. The number of piperidine rings is 1. The van der Waals surface area contributed by atoms with Gasteiger partial charge in [-0.3, -0.25) is 0 Å². The molecule has 1 aliphatic rings. The van der Waals surface area contributed by atoms with Gasteiger partial charge in [-0.25, -0.2) is 4.98 Å². The third-order valence-corrected chi connectivity index (χ3v) is 4.72. The first kappa shape index (κ1) is 20.4. The Bertz CT molecular complexity index is 753. The fraction of sp³-hybridized carbons (Fsp3) is 0.450. The Morgan fingerprint density at radius 2 is 2.04 bits per heavy atom. The molecule has 8 heteroatoms. The standard InChI is InChI=1S/C20H24F3N3O2/c21-20(22,23)16-7-8-19(25-13-16)26-9-3-5-17(14-26)24-12-15-4-1-2-6-18(15)28-11-10-27/h1-2,4,6-8,13,17,24,27H,3,5,9-12,14H2/t17-/m1/s1. The third-order valence-electron chi connectivity index (χ3n) is 4.72. The monoisotopic (exact) mass is 395 g/mol. The summed E-state index contributed by atoms with van der Waals surface area (Å²) in [7, 11) is 0. The highest BCUT2D eigenvalue weighted by Crippen LogP contribution is 2.30. The number of benzene rings is 1. The van der Waals surface area contributed by atoms with Gasteiger partial charge in [-0.05, 0) is 31.0 Å². The van der Waals surface area contributed by atoms with E-state index >= 15 is 0 Å². The van der Waals surface area contributed by atoms with E-state index in [-0.39, 0.29) is 19.3 Å². The highest BCUT2D eigenvalue weighted by molar-refractivity contribution is 5.40. The van der Waals surface area contributed by atoms with Gasteiger partial charge >= 0.3 is 6.18 Å². The van der Waals surface area contributed by atoms with Gasteiger partial charge in [0.2, 0.25) is 0 Å². The van der Waals surface area contributed by atoms with Crippen LogP contribution in [-0.4, -0.2) is 42.4 Å². The predicted octanol–water partition coefficient (Wildman–Crippen LogP) is 3.23. The van der Waals surface area contributed by atoms with E-state index in [9.17, 15) is 13.2 Å². The Kier molecular flexibility index (Phi) is 6.74. The van der Waals surface area contributed by atoms with Gasteiger partial charge in [-0.15, -0.1) is 0 Å². The number of aliphatic hydroxyl groups is 1. The zero-order valence-corrected chi connectivity index (χ0v) is 15.5. The largest absolute Gasteiger partial charge is 0.491 e. The zero-order valence-electron chi connectivity index (χ0n) is 15.5. The number of anilines is 1. The van der Waals surface area contributed by atoms with Crippen LogP contribution in [-0.2, 0) is 12.7 Å². The van der Waals surface area contributed by atoms with Gasteiger partial charge < -0.3 is 20.1 Å². The Morgan fingerprint density at radius 3 is 2.75 bits per heavy atom.